The SMILES string of the molecule is CC(C)N(C(=O)C1CCN(S(=O)(=O)c2ccc(C#N)cc2)CC1)C1CC1. The monoisotopic (exact) mass is 375 g/mol. The third-order valence-corrected chi connectivity index (χ3v) is 7.09. The Morgan fingerprint density at radius 3 is 2.19 bits per heavy atom. The molecule has 0 aromatic heterocycles. The molecule has 0 bridgehead atoms. The van der Waals surface area contributed by atoms with Crippen LogP contribution in [0.5, 0.6) is 0 Å². The number of piperidine rings is 1. The molecule has 3 rings (SSSR count). The van der Waals surface area contributed by atoms with Crippen molar-refractivity contribution in [2.75, 3.05) is 13.1 Å². The van der Waals surface area contributed by atoms with Crippen LogP contribution in [0.25, 0.3) is 0 Å². The number of hydrogen-bond donors (Lipinski definition) is 0. The van der Waals surface area contributed by atoms with Crippen LogP contribution in [0.3, 0.4) is 0 Å². The summed E-state index contributed by atoms with van der Waals surface area (Å²) >= 11 is 0. The van der Waals surface area contributed by atoms with Gasteiger partial charge in [-0.2, -0.15) is 9.57 Å². The first-order valence-corrected chi connectivity index (χ1v) is 10.6. The molecule has 0 radical (unpaired) electrons. The molecule has 26 heavy (non-hydrogen) atoms. The van der Waals surface area contributed by atoms with E-state index in [4.69, 9.17) is 5.26 Å². The van der Waals surface area contributed by atoms with E-state index in [2.05, 4.69) is 0 Å². The van der Waals surface area contributed by atoms with Gasteiger partial charge in [-0.05, 0) is 63.8 Å². The summed E-state index contributed by atoms with van der Waals surface area (Å²) in [6.45, 7) is 4.80. The molecular formula is C19H25N3O3S. The third kappa shape index (κ3) is 3.76. The molecule has 2 aliphatic rings. The number of nitrogens with zero attached hydrogens (tertiary/aromatic N) is 3. The van der Waals surface area contributed by atoms with Crippen molar-refractivity contribution in [3.63, 3.8) is 0 Å². The van der Waals surface area contributed by atoms with E-state index in [0.29, 0.717) is 37.5 Å². The summed E-state index contributed by atoms with van der Waals surface area (Å²) in [6.07, 6.45) is 3.28. The lowest BCUT2D eigenvalue weighted by atomic mass is 9.96. The van der Waals surface area contributed by atoms with Gasteiger partial charge in [0.25, 0.3) is 0 Å². The van der Waals surface area contributed by atoms with Crippen LogP contribution in [0.2, 0.25) is 0 Å². The van der Waals surface area contributed by atoms with E-state index < -0.39 is 10.0 Å². The quantitative estimate of drug-likeness (QED) is 0.791. The average molecular weight is 375 g/mol. The van der Waals surface area contributed by atoms with Gasteiger partial charge in [0, 0.05) is 31.1 Å². The van der Waals surface area contributed by atoms with Crippen LogP contribution in [-0.2, 0) is 14.8 Å². The minimum absolute atomic E-state index is 0.0922. The molecule has 1 saturated heterocycles. The summed E-state index contributed by atoms with van der Waals surface area (Å²) in [5.74, 6) is 0.0864. The lowest BCUT2D eigenvalue weighted by Gasteiger charge is -2.35. The second kappa shape index (κ2) is 7.37. The molecule has 7 heteroatoms. The van der Waals surface area contributed by atoms with Gasteiger partial charge in [0.2, 0.25) is 15.9 Å². The van der Waals surface area contributed by atoms with E-state index in [1.54, 1.807) is 0 Å². The van der Waals surface area contributed by atoms with Gasteiger partial charge in [-0.3, -0.25) is 4.79 Å². The highest BCUT2D eigenvalue weighted by Gasteiger charge is 2.39. The van der Waals surface area contributed by atoms with Crippen molar-refractivity contribution in [1.82, 2.24) is 9.21 Å². The highest BCUT2D eigenvalue weighted by molar-refractivity contribution is 7.89. The minimum Gasteiger partial charge on any atom is -0.337 e. The molecule has 0 spiro atoms. The van der Waals surface area contributed by atoms with Crippen molar-refractivity contribution in [2.24, 2.45) is 5.92 Å². The Hall–Kier alpha value is -1.91. The number of benzene rings is 1. The van der Waals surface area contributed by atoms with Crippen molar-refractivity contribution in [1.29, 1.82) is 5.26 Å². The van der Waals surface area contributed by atoms with E-state index in [9.17, 15) is 13.2 Å². The van der Waals surface area contributed by atoms with Crippen molar-refractivity contribution >= 4 is 15.9 Å². The smallest absolute Gasteiger partial charge is 0.243 e. The first-order valence-electron chi connectivity index (χ1n) is 9.17. The summed E-state index contributed by atoms with van der Waals surface area (Å²) in [5.41, 5.74) is 0.433. The first kappa shape index (κ1) is 18.9. The van der Waals surface area contributed by atoms with E-state index in [-0.39, 0.29) is 22.8 Å². The average Bonchev–Trinajstić information content (AvgIpc) is 3.46. The number of hydrogen-bond acceptors (Lipinski definition) is 4. The standard InChI is InChI=1S/C19H25N3O3S/c1-14(2)22(17-5-6-17)19(23)16-9-11-21(12-10-16)26(24,25)18-7-3-15(13-20)4-8-18/h3-4,7-8,14,16-17H,5-6,9-12H2,1-2H3. The van der Waals surface area contributed by atoms with E-state index in [1.165, 1.54) is 28.6 Å². The van der Waals surface area contributed by atoms with Crippen molar-refractivity contribution in [3.05, 3.63) is 29.8 Å². The Balaban J connectivity index is 1.65. The van der Waals surface area contributed by atoms with Crippen LogP contribution in [-0.4, -0.2) is 48.7 Å². The Morgan fingerprint density at radius 1 is 1.15 bits per heavy atom. The van der Waals surface area contributed by atoms with Gasteiger partial charge in [-0.25, -0.2) is 8.42 Å². The zero-order valence-corrected chi connectivity index (χ0v) is 16.1. The molecule has 1 heterocycles. The van der Waals surface area contributed by atoms with Crippen molar-refractivity contribution in [3.8, 4) is 6.07 Å². The van der Waals surface area contributed by atoms with E-state index in [1.807, 2.05) is 24.8 Å². The van der Waals surface area contributed by atoms with Gasteiger partial charge in [0.15, 0.2) is 0 Å². The molecule has 1 saturated carbocycles. The molecule has 1 amide bonds. The highest BCUT2D eigenvalue weighted by Crippen LogP contribution is 2.32. The van der Waals surface area contributed by atoms with Crippen molar-refractivity contribution < 1.29 is 13.2 Å². The molecule has 2 fully saturated rings. The number of carbonyl (C=O) groups excluding carboxylic acids is 1. The first-order chi connectivity index (χ1) is 12.3. The fourth-order valence-electron chi connectivity index (χ4n) is 3.61. The predicted molar refractivity (Wildman–Crippen MR) is 97.6 cm³/mol. The molecule has 0 N–H and O–H groups in total. The fraction of sp³-hybridized carbons (Fsp3) is 0.579. The molecule has 140 valence electrons. The summed E-state index contributed by atoms with van der Waals surface area (Å²) in [5, 5.41) is 8.84. The van der Waals surface area contributed by atoms with Crippen LogP contribution < -0.4 is 0 Å². The molecular weight excluding hydrogens is 350 g/mol. The van der Waals surface area contributed by atoms with E-state index >= 15 is 0 Å². The highest BCUT2D eigenvalue weighted by atomic mass is 32.2. The largest absolute Gasteiger partial charge is 0.337 e. The third-order valence-electron chi connectivity index (χ3n) is 5.18. The van der Waals surface area contributed by atoms with Crippen molar-refractivity contribution in [2.45, 2.75) is 56.5 Å². The number of carbonyl (C=O) groups is 1. The van der Waals surface area contributed by atoms with Gasteiger partial charge in [0.1, 0.15) is 0 Å². The van der Waals surface area contributed by atoms with E-state index in [0.717, 1.165) is 12.8 Å². The zero-order chi connectivity index (χ0) is 18.9. The maximum absolute atomic E-state index is 12.8. The van der Waals surface area contributed by atoms with Crippen LogP contribution >= 0.6 is 0 Å². The summed E-state index contributed by atoms with van der Waals surface area (Å²) in [4.78, 5) is 15.0. The Kier molecular flexibility index (Phi) is 5.35. The summed E-state index contributed by atoms with van der Waals surface area (Å²) in [6, 6.07) is 8.52. The van der Waals surface area contributed by atoms with Crippen LogP contribution in [0, 0.1) is 17.2 Å². The summed E-state index contributed by atoms with van der Waals surface area (Å²) in [7, 11) is -3.58. The maximum atomic E-state index is 12.8. The second-order valence-electron chi connectivity index (χ2n) is 7.38. The lowest BCUT2D eigenvalue weighted by molar-refractivity contribution is -0.139. The van der Waals surface area contributed by atoms with Crippen LogP contribution in [0.1, 0.15) is 45.1 Å². The molecule has 1 aliphatic heterocycles. The van der Waals surface area contributed by atoms with Crippen LogP contribution in [0.4, 0.5) is 0 Å². The van der Waals surface area contributed by atoms with Crippen LogP contribution in [0.15, 0.2) is 29.2 Å². The number of rotatable bonds is 5. The fourth-order valence-corrected chi connectivity index (χ4v) is 5.08. The maximum Gasteiger partial charge on any atom is 0.243 e. The normalized spacial score (nSPS) is 19.3. The zero-order valence-electron chi connectivity index (χ0n) is 15.3. The molecule has 6 nitrogen and oxygen atoms in total. The summed E-state index contributed by atoms with van der Waals surface area (Å²) < 4.78 is 27.0. The van der Waals surface area contributed by atoms with Gasteiger partial charge in [0.05, 0.1) is 16.5 Å². The topological polar surface area (TPSA) is 81.5 Å². The lowest BCUT2D eigenvalue weighted by Crippen LogP contribution is -2.47. The molecule has 1 aromatic carbocycles. The van der Waals surface area contributed by atoms with Gasteiger partial charge >= 0.3 is 0 Å². The number of amides is 1. The number of nitriles is 1. The molecule has 0 atom stereocenters. The second-order valence-corrected chi connectivity index (χ2v) is 9.32. The van der Waals surface area contributed by atoms with Gasteiger partial charge in [-0.1, -0.05) is 0 Å². The molecule has 1 aromatic rings. The minimum atomic E-state index is -3.58. The Morgan fingerprint density at radius 2 is 1.73 bits per heavy atom. The Bertz CT molecular complexity index is 797. The molecule has 1 aliphatic carbocycles. The number of sulfonamides is 1. The Labute approximate surface area is 155 Å². The van der Waals surface area contributed by atoms with Gasteiger partial charge in [-0.15, -0.1) is 0 Å². The van der Waals surface area contributed by atoms with Gasteiger partial charge < -0.3 is 4.90 Å². The molecule has 0 unspecified atom stereocenters. The predicted octanol–water partition coefficient (Wildman–Crippen LogP) is 2.36.